The van der Waals surface area contributed by atoms with E-state index in [1.165, 1.54) is 0 Å². The van der Waals surface area contributed by atoms with Crippen molar-refractivity contribution < 1.29 is 0 Å². The molecule has 0 amide bonds. The Morgan fingerprint density at radius 2 is 2.25 bits per heavy atom. The molecule has 0 unspecified atom stereocenters. The van der Waals surface area contributed by atoms with E-state index in [0.717, 1.165) is 17.9 Å². The van der Waals surface area contributed by atoms with Crippen LogP contribution in [0.5, 0.6) is 0 Å². The fourth-order valence-corrected chi connectivity index (χ4v) is 1.69. The molecule has 6 nitrogen and oxygen atoms in total. The molecular weight excluding hydrogens is 224 g/mol. The van der Waals surface area contributed by atoms with Crippen molar-refractivity contribution in [1.82, 2.24) is 24.7 Å². The van der Waals surface area contributed by atoms with E-state index in [1.54, 1.807) is 0 Å². The molecule has 0 atom stereocenters. The second-order valence-electron chi connectivity index (χ2n) is 3.35. The van der Waals surface area contributed by atoms with Crippen LogP contribution < -0.4 is 5.73 Å². The monoisotopic (exact) mass is 236 g/mol. The fourth-order valence-electron chi connectivity index (χ4n) is 1.50. The molecule has 16 heavy (non-hydrogen) atoms. The van der Waals surface area contributed by atoms with Gasteiger partial charge in [-0.1, -0.05) is 0 Å². The lowest BCUT2D eigenvalue weighted by atomic mass is 10.3. The number of rotatable bonds is 2. The number of H-pyrrole nitrogens is 1. The summed E-state index contributed by atoms with van der Waals surface area (Å²) in [6, 6.07) is 1.93. The lowest BCUT2D eigenvalue weighted by molar-refractivity contribution is 0.657. The summed E-state index contributed by atoms with van der Waals surface area (Å²) < 4.78 is 2.07. The SMILES string of the molecule is CCn1nc(C)cc1-c1nc(=S)nc(N)[nH]1. The summed E-state index contributed by atoms with van der Waals surface area (Å²) in [4.78, 5) is 10.8. The van der Waals surface area contributed by atoms with E-state index in [-0.39, 0.29) is 10.7 Å². The van der Waals surface area contributed by atoms with E-state index in [2.05, 4.69) is 20.1 Å². The third kappa shape index (κ3) is 1.94. The van der Waals surface area contributed by atoms with Gasteiger partial charge in [0.05, 0.1) is 5.69 Å². The normalized spacial score (nSPS) is 10.6. The Hall–Kier alpha value is -1.76. The molecule has 0 aliphatic carbocycles. The van der Waals surface area contributed by atoms with Crippen molar-refractivity contribution in [2.24, 2.45) is 0 Å². The second-order valence-corrected chi connectivity index (χ2v) is 3.72. The van der Waals surface area contributed by atoms with Crippen molar-refractivity contribution in [3.05, 3.63) is 16.5 Å². The Balaban J connectivity index is 2.61. The van der Waals surface area contributed by atoms with Gasteiger partial charge >= 0.3 is 0 Å². The van der Waals surface area contributed by atoms with Gasteiger partial charge in [0.15, 0.2) is 5.82 Å². The lowest BCUT2D eigenvalue weighted by Crippen LogP contribution is -2.04. The van der Waals surface area contributed by atoms with Crippen LogP contribution in [-0.4, -0.2) is 24.7 Å². The molecule has 0 aliphatic heterocycles. The summed E-state index contributed by atoms with van der Waals surface area (Å²) in [6.07, 6.45) is 0. The van der Waals surface area contributed by atoms with Crippen molar-refractivity contribution in [1.29, 1.82) is 0 Å². The smallest absolute Gasteiger partial charge is 0.224 e. The Kier molecular flexibility index (Phi) is 2.69. The van der Waals surface area contributed by atoms with Crippen molar-refractivity contribution in [3.63, 3.8) is 0 Å². The molecule has 2 rings (SSSR count). The number of hydrogen-bond acceptors (Lipinski definition) is 5. The second kappa shape index (κ2) is 4.01. The molecule has 0 radical (unpaired) electrons. The number of nitrogen functional groups attached to an aromatic ring is 1. The van der Waals surface area contributed by atoms with Crippen LogP contribution in [0.15, 0.2) is 6.07 Å². The molecular formula is C9H12N6S. The summed E-state index contributed by atoms with van der Waals surface area (Å²) in [5.41, 5.74) is 7.38. The van der Waals surface area contributed by atoms with E-state index < -0.39 is 0 Å². The first-order chi connectivity index (χ1) is 7.60. The van der Waals surface area contributed by atoms with Gasteiger partial charge in [0.25, 0.3) is 0 Å². The quantitative estimate of drug-likeness (QED) is 0.768. The molecule has 0 bridgehead atoms. The molecule has 2 aromatic rings. The number of nitrogens with two attached hydrogens (primary N) is 1. The number of nitrogens with one attached hydrogen (secondary N) is 1. The van der Waals surface area contributed by atoms with Crippen LogP contribution >= 0.6 is 12.2 Å². The van der Waals surface area contributed by atoms with Gasteiger partial charge < -0.3 is 10.7 Å². The minimum absolute atomic E-state index is 0.229. The van der Waals surface area contributed by atoms with E-state index >= 15 is 0 Å². The van der Waals surface area contributed by atoms with Crippen LogP contribution in [0.2, 0.25) is 0 Å². The van der Waals surface area contributed by atoms with Crippen molar-refractivity contribution in [2.75, 3.05) is 5.73 Å². The topological polar surface area (TPSA) is 85.4 Å². The van der Waals surface area contributed by atoms with Crippen molar-refractivity contribution in [3.8, 4) is 11.5 Å². The zero-order chi connectivity index (χ0) is 11.7. The zero-order valence-corrected chi connectivity index (χ0v) is 9.88. The first kappa shape index (κ1) is 10.7. The minimum atomic E-state index is 0.229. The Bertz CT molecular complexity index is 570. The molecule has 0 saturated heterocycles. The molecule has 7 heteroatoms. The Morgan fingerprint density at radius 1 is 1.50 bits per heavy atom. The highest BCUT2D eigenvalue weighted by atomic mass is 32.1. The summed E-state index contributed by atoms with van der Waals surface area (Å²) >= 11 is 4.92. The highest BCUT2D eigenvalue weighted by Crippen LogP contribution is 2.16. The van der Waals surface area contributed by atoms with Gasteiger partial charge in [-0.3, -0.25) is 4.68 Å². The summed E-state index contributed by atoms with van der Waals surface area (Å²) in [5.74, 6) is 0.858. The number of anilines is 1. The number of hydrogen-bond donors (Lipinski definition) is 2. The van der Waals surface area contributed by atoms with Gasteiger partial charge in [-0.25, -0.2) is 0 Å². The minimum Gasteiger partial charge on any atom is -0.369 e. The first-order valence-corrected chi connectivity index (χ1v) is 5.29. The van der Waals surface area contributed by atoms with Gasteiger partial charge in [0, 0.05) is 6.54 Å². The van der Waals surface area contributed by atoms with E-state index in [4.69, 9.17) is 18.0 Å². The molecule has 0 aromatic carbocycles. The lowest BCUT2D eigenvalue weighted by Gasteiger charge is -2.04. The van der Waals surface area contributed by atoms with Gasteiger partial charge in [0.1, 0.15) is 5.69 Å². The average molecular weight is 236 g/mol. The average Bonchev–Trinajstić information content (AvgIpc) is 2.58. The summed E-state index contributed by atoms with van der Waals surface area (Å²) in [7, 11) is 0. The fraction of sp³-hybridized carbons (Fsp3) is 0.333. The van der Waals surface area contributed by atoms with Crippen LogP contribution in [0.3, 0.4) is 0 Å². The van der Waals surface area contributed by atoms with E-state index in [9.17, 15) is 0 Å². The highest BCUT2D eigenvalue weighted by Gasteiger charge is 2.09. The summed E-state index contributed by atoms with van der Waals surface area (Å²) in [5, 5.41) is 4.33. The van der Waals surface area contributed by atoms with E-state index in [1.807, 2.05) is 24.6 Å². The van der Waals surface area contributed by atoms with Gasteiger partial charge in [-0.2, -0.15) is 15.1 Å². The van der Waals surface area contributed by atoms with Gasteiger partial charge in [-0.15, -0.1) is 0 Å². The number of aryl methyl sites for hydroxylation is 2. The third-order valence-corrected chi connectivity index (χ3v) is 2.30. The van der Waals surface area contributed by atoms with Crippen LogP contribution in [0.25, 0.3) is 11.5 Å². The molecule has 84 valence electrons. The molecule has 0 spiro atoms. The van der Waals surface area contributed by atoms with Crippen molar-refractivity contribution in [2.45, 2.75) is 20.4 Å². The maximum Gasteiger partial charge on any atom is 0.224 e. The van der Waals surface area contributed by atoms with Crippen LogP contribution in [0.1, 0.15) is 12.6 Å². The highest BCUT2D eigenvalue weighted by molar-refractivity contribution is 7.71. The van der Waals surface area contributed by atoms with Gasteiger partial charge in [-0.05, 0) is 32.1 Å². The number of nitrogens with zero attached hydrogens (tertiary/aromatic N) is 4. The largest absolute Gasteiger partial charge is 0.369 e. The van der Waals surface area contributed by atoms with Crippen LogP contribution in [0, 0.1) is 11.7 Å². The van der Waals surface area contributed by atoms with E-state index in [0.29, 0.717) is 5.82 Å². The molecule has 2 heterocycles. The molecule has 2 aromatic heterocycles. The van der Waals surface area contributed by atoms with Crippen LogP contribution in [0.4, 0.5) is 5.95 Å². The molecule has 0 fully saturated rings. The maximum atomic E-state index is 5.59. The Labute approximate surface area is 97.5 Å². The predicted octanol–water partition coefficient (Wildman–Crippen LogP) is 1.31. The molecule has 0 aliphatic rings. The van der Waals surface area contributed by atoms with Crippen LogP contribution in [-0.2, 0) is 6.54 Å². The number of aromatic amines is 1. The third-order valence-electron chi connectivity index (χ3n) is 2.11. The standard InChI is InChI=1S/C9H12N6S/c1-3-15-6(4-5(2)14-15)7-11-8(10)13-9(16)12-7/h4H,3H2,1-2H3,(H3,10,11,12,13,16). The first-order valence-electron chi connectivity index (χ1n) is 4.89. The summed E-state index contributed by atoms with van der Waals surface area (Å²) in [6.45, 7) is 4.69. The van der Waals surface area contributed by atoms with Gasteiger partial charge in [0.2, 0.25) is 10.7 Å². The zero-order valence-electron chi connectivity index (χ0n) is 9.06. The molecule has 0 saturated carbocycles. The number of aromatic nitrogens is 5. The van der Waals surface area contributed by atoms with Crippen molar-refractivity contribution >= 4 is 18.2 Å². The molecule has 3 N–H and O–H groups in total. The Morgan fingerprint density at radius 3 is 2.88 bits per heavy atom. The maximum absolute atomic E-state index is 5.59. The predicted molar refractivity (Wildman–Crippen MR) is 63.3 cm³/mol.